The highest BCUT2D eigenvalue weighted by Gasteiger charge is 2.15. The molecule has 0 unspecified atom stereocenters. The van der Waals surface area contributed by atoms with Crippen LogP contribution in [0.4, 0.5) is 0 Å². The average molecular weight is 260 g/mol. The molecule has 19 heavy (non-hydrogen) atoms. The molecule has 0 aliphatic rings. The standard InChI is InChI=1S/C14H16N2O3/c1-9-12(10(2)17)8-15-16(9)13-7-11(18-3)5-6-14(13)19-4/h5-8H,1-4H3. The molecular weight excluding hydrogens is 244 g/mol. The van der Waals surface area contributed by atoms with Crippen LogP contribution in [0.25, 0.3) is 5.69 Å². The van der Waals surface area contributed by atoms with Gasteiger partial charge >= 0.3 is 0 Å². The van der Waals surface area contributed by atoms with E-state index in [1.165, 1.54) is 6.92 Å². The minimum atomic E-state index is -0.00869. The van der Waals surface area contributed by atoms with Crippen molar-refractivity contribution in [3.8, 4) is 17.2 Å². The molecule has 0 aliphatic heterocycles. The zero-order valence-electron chi connectivity index (χ0n) is 11.4. The molecule has 100 valence electrons. The second kappa shape index (κ2) is 5.14. The molecule has 0 spiro atoms. The van der Waals surface area contributed by atoms with Crippen LogP contribution in [0, 0.1) is 6.92 Å². The lowest BCUT2D eigenvalue weighted by atomic mass is 10.2. The smallest absolute Gasteiger partial charge is 0.163 e. The zero-order chi connectivity index (χ0) is 14.0. The minimum absolute atomic E-state index is 0.00869. The van der Waals surface area contributed by atoms with Crippen molar-refractivity contribution < 1.29 is 14.3 Å². The molecule has 0 radical (unpaired) electrons. The van der Waals surface area contributed by atoms with Crippen molar-refractivity contribution in [2.24, 2.45) is 0 Å². The van der Waals surface area contributed by atoms with Crippen LogP contribution in [-0.4, -0.2) is 29.8 Å². The summed E-state index contributed by atoms with van der Waals surface area (Å²) in [5, 5.41) is 4.25. The van der Waals surface area contributed by atoms with E-state index in [0.29, 0.717) is 17.1 Å². The number of methoxy groups -OCH3 is 2. The van der Waals surface area contributed by atoms with Crippen LogP contribution in [0.2, 0.25) is 0 Å². The first-order chi connectivity index (χ1) is 9.08. The van der Waals surface area contributed by atoms with Gasteiger partial charge in [0.2, 0.25) is 0 Å². The van der Waals surface area contributed by atoms with Crippen molar-refractivity contribution >= 4 is 5.78 Å². The van der Waals surface area contributed by atoms with Crippen molar-refractivity contribution in [1.29, 1.82) is 0 Å². The molecule has 0 atom stereocenters. The van der Waals surface area contributed by atoms with Crippen LogP contribution in [0.3, 0.4) is 0 Å². The van der Waals surface area contributed by atoms with E-state index >= 15 is 0 Å². The summed E-state index contributed by atoms with van der Waals surface area (Å²) in [7, 11) is 3.19. The number of rotatable bonds is 4. The number of Topliss-reactive ketones (excluding diaryl/α,β-unsaturated/α-hetero) is 1. The van der Waals surface area contributed by atoms with Crippen LogP contribution in [-0.2, 0) is 0 Å². The first kappa shape index (κ1) is 13.1. The van der Waals surface area contributed by atoms with Gasteiger partial charge in [0.05, 0.1) is 31.7 Å². The number of benzene rings is 1. The third kappa shape index (κ3) is 2.31. The number of ether oxygens (including phenoxy) is 2. The Labute approximate surface area is 111 Å². The first-order valence-electron chi connectivity index (χ1n) is 5.86. The van der Waals surface area contributed by atoms with E-state index in [1.54, 1.807) is 25.1 Å². The molecule has 0 saturated heterocycles. The van der Waals surface area contributed by atoms with Gasteiger partial charge in [0, 0.05) is 6.07 Å². The Morgan fingerprint density at radius 3 is 2.53 bits per heavy atom. The molecule has 1 aromatic heterocycles. The third-order valence-corrected chi connectivity index (χ3v) is 3.00. The summed E-state index contributed by atoms with van der Waals surface area (Å²) in [6.07, 6.45) is 1.57. The fourth-order valence-corrected chi connectivity index (χ4v) is 1.96. The molecule has 0 amide bonds. The summed E-state index contributed by atoms with van der Waals surface area (Å²) < 4.78 is 12.2. The highest BCUT2D eigenvalue weighted by Crippen LogP contribution is 2.28. The van der Waals surface area contributed by atoms with Crippen LogP contribution in [0.15, 0.2) is 24.4 Å². The van der Waals surface area contributed by atoms with Crippen molar-refractivity contribution in [3.05, 3.63) is 35.7 Å². The van der Waals surface area contributed by atoms with Crippen molar-refractivity contribution in [2.75, 3.05) is 14.2 Å². The summed E-state index contributed by atoms with van der Waals surface area (Å²) in [4.78, 5) is 11.5. The Kier molecular flexibility index (Phi) is 3.55. The van der Waals surface area contributed by atoms with E-state index < -0.39 is 0 Å². The topological polar surface area (TPSA) is 53.4 Å². The summed E-state index contributed by atoms with van der Waals surface area (Å²) in [5.74, 6) is 1.36. The maximum Gasteiger partial charge on any atom is 0.163 e. The van der Waals surface area contributed by atoms with Crippen LogP contribution < -0.4 is 9.47 Å². The monoisotopic (exact) mass is 260 g/mol. The Morgan fingerprint density at radius 1 is 1.26 bits per heavy atom. The van der Waals surface area contributed by atoms with Crippen molar-refractivity contribution in [2.45, 2.75) is 13.8 Å². The number of carbonyl (C=O) groups excluding carboxylic acids is 1. The first-order valence-corrected chi connectivity index (χ1v) is 5.86. The van der Waals surface area contributed by atoms with E-state index in [0.717, 1.165) is 11.4 Å². The maximum absolute atomic E-state index is 11.5. The van der Waals surface area contributed by atoms with Gasteiger partial charge in [-0.05, 0) is 26.0 Å². The van der Waals surface area contributed by atoms with Gasteiger partial charge in [-0.1, -0.05) is 0 Å². The third-order valence-electron chi connectivity index (χ3n) is 3.00. The van der Waals surface area contributed by atoms with Crippen LogP contribution >= 0.6 is 0 Å². The predicted molar refractivity (Wildman–Crippen MR) is 71.4 cm³/mol. The number of carbonyl (C=O) groups is 1. The lowest BCUT2D eigenvalue weighted by Gasteiger charge is -2.12. The molecule has 1 aromatic carbocycles. The molecule has 0 fully saturated rings. The quantitative estimate of drug-likeness (QED) is 0.792. The molecule has 2 rings (SSSR count). The lowest BCUT2D eigenvalue weighted by Crippen LogP contribution is -2.04. The van der Waals surface area contributed by atoms with E-state index in [-0.39, 0.29) is 5.78 Å². The molecule has 0 bridgehead atoms. The summed E-state index contributed by atoms with van der Waals surface area (Å²) in [6.45, 7) is 3.37. The average Bonchev–Trinajstić information content (AvgIpc) is 2.79. The van der Waals surface area contributed by atoms with Crippen molar-refractivity contribution in [3.63, 3.8) is 0 Å². The second-order valence-corrected chi connectivity index (χ2v) is 4.15. The molecule has 1 heterocycles. The molecule has 0 aliphatic carbocycles. The van der Waals surface area contributed by atoms with E-state index in [1.807, 2.05) is 25.1 Å². The Bertz CT molecular complexity index is 617. The van der Waals surface area contributed by atoms with E-state index in [4.69, 9.17) is 9.47 Å². The molecule has 5 nitrogen and oxygen atoms in total. The number of nitrogens with zero attached hydrogens (tertiary/aromatic N) is 2. The Hall–Kier alpha value is -2.30. The van der Waals surface area contributed by atoms with Crippen molar-refractivity contribution in [1.82, 2.24) is 9.78 Å². The fourth-order valence-electron chi connectivity index (χ4n) is 1.96. The normalized spacial score (nSPS) is 10.3. The van der Waals surface area contributed by atoms with Gasteiger partial charge in [-0.15, -0.1) is 0 Å². The summed E-state index contributed by atoms with van der Waals surface area (Å²) in [5.41, 5.74) is 2.12. The van der Waals surface area contributed by atoms with E-state index in [9.17, 15) is 4.79 Å². The van der Waals surface area contributed by atoms with Gasteiger partial charge in [-0.2, -0.15) is 5.10 Å². The molecule has 0 saturated carbocycles. The summed E-state index contributed by atoms with van der Waals surface area (Å²) >= 11 is 0. The molecular formula is C14H16N2O3. The van der Waals surface area contributed by atoms with Gasteiger partial charge in [-0.25, -0.2) is 4.68 Å². The molecule has 5 heteroatoms. The van der Waals surface area contributed by atoms with Gasteiger partial charge in [0.15, 0.2) is 5.78 Å². The zero-order valence-corrected chi connectivity index (χ0v) is 11.4. The summed E-state index contributed by atoms with van der Waals surface area (Å²) in [6, 6.07) is 5.44. The van der Waals surface area contributed by atoms with E-state index in [2.05, 4.69) is 5.10 Å². The Morgan fingerprint density at radius 2 is 2.00 bits per heavy atom. The highest BCUT2D eigenvalue weighted by atomic mass is 16.5. The van der Waals surface area contributed by atoms with Crippen LogP contribution in [0.1, 0.15) is 23.0 Å². The number of aromatic nitrogens is 2. The van der Waals surface area contributed by atoms with Gasteiger partial charge in [0.1, 0.15) is 17.2 Å². The molecule has 2 aromatic rings. The van der Waals surface area contributed by atoms with Gasteiger partial charge in [-0.3, -0.25) is 4.79 Å². The van der Waals surface area contributed by atoms with Gasteiger partial charge in [0.25, 0.3) is 0 Å². The number of ketones is 1. The molecule has 0 N–H and O–H groups in total. The maximum atomic E-state index is 11.5. The number of hydrogen-bond acceptors (Lipinski definition) is 4. The van der Waals surface area contributed by atoms with Gasteiger partial charge < -0.3 is 9.47 Å². The lowest BCUT2D eigenvalue weighted by molar-refractivity contribution is 0.101. The number of hydrogen-bond donors (Lipinski definition) is 0. The largest absolute Gasteiger partial charge is 0.497 e. The highest BCUT2D eigenvalue weighted by molar-refractivity contribution is 5.95. The minimum Gasteiger partial charge on any atom is -0.497 e. The Balaban J connectivity index is 2.60. The fraction of sp³-hybridized carbons (Fsp3) is 0.286. The second-order valence-electron chi connectivity index (χ2n) is 4.15. The predicted octanol–water partition coefficient (Wildman–Crippen LogP) is 2.40. The van der Waals surface area contributed by atoms with Crippen LogP contribution in [0.5, 0.6) is 11.5 Å². The SMILES string of the molecule is COc1ccc(OC)c(-n2ncc(C(C)=O)c2C)c1.